The number of rotatable bonds is 5. The van der Waals surface area contributed by atoms with Gasteiger partial charge in [-0.3, -0.25) is 9.78 Å². The predicted octanol–water partition coefficient (Wildman–Crippen LogP) is 3.37. The Bertz CT molecular complexity index is 1300. The summed E-state index contributed by atoms with van der Waals surface area (Å²) in [5, 5.41) is 3.45. The van der Waals surface area contributed by atoms with Crippen LogP contribution in [0.1, 0.15) is 39.3 Å². The number of benzene rings is 2. The summed E-state index contributed by atoms with van der Waals surface area (Å²) in [4.78, 5) is 29.4. The van der Waals surface area contributed by atoms with Gasteiger partial charge in [0, 0.05) is 29.7 Å². The molecule has 3 aromatic rings. The molecule has 1 aliphatic heterocycles. The summed E-state index contributed by atoms with van der Waals surface area (Å²) in [5.41, 5.74) is 2.48. The van der Waals surface area contributed by atoms with E-state index in [-0.39, 0.29) is 4.90 Å². The van der Waals surface area contributed by atoms with Gasteiger partial charge in [0.2, 0.25) is 10.0 Å². The Kier molecular flexibility index (Phi) is 5.94. The maximum absolute atomic E-state index is 12.9. The smallest absolute Gasteiger partial charge is 0.337 e. The first kappa shape index (κ1) is 21.9. The van der Waals surface area contributed by atoms with Crippen molar-refractivity contribution in [3.05, 3.63) is 65.4 Å². The van der Waals surface area contributed by atoms with E-state index in [1.54, 1.807) is 31.2 Å². The average Bonchev–Trinajstić information content (AvgIpc) is 3.34. The Morgan fingerprint density at radius 1 is 1.00 bits per heavy atom. The molecule has 0 saturated carbocycles. The molecule has 0 bridgehead atoms. The number of ether oxygens (including phenoxy) is 1. The van der Waals surface area contributed by atoms with Crippen LogP contribution < -0.4 is 5.32 Å². The van der Waals surface area contributed by atoms with E-state index in [0.29, 0.717) is 46.5 Å². The second-order valence-electron chi connectivity index (χ2n) is 7.62. The largest absolute Gasteiger partial charge is 0.465 e. The molecule has 2 aromatic carbocycles. The first-order chi connectivity index (χ1) is 15.3. The zero-order valence-electron chi connectivity index (χ0n) is 17.8. The van der Waals surface area contributed by atoms with Crippen LogP contribution in [-0.4, -0.2) is 49.8 Å². The normalized spacial score (nSPS) is 14.4. The number of hydrogen-bond donors (Lipinski definition) is 1. The van der Waals surface area contributed by atoms with Gasteiger partial charge in [-0.05, 0) is 68.3 Å². The van der Waals surface area contributed by atoms with Gasteiger partial charge in [0.1, 0.15) is 0 Å². The Labute approximate surface area is 186 Å². The molecule has 0 spiro atoms. The van der Waals surface area contributed by atoms with Gasteiger partial charge in [-0.1, -0.05) is 0 Å². The first-order valence-corrected chi connectivity index (χ1v) is 11.6. The maximum atomic E-state index is 12.9. The molecule has 1 saturated heterocycles. The number of esters is 1. The minimum Gasteiger partial charge on any atom is -0.465 e. The highest BCUT2D eigenvalue weighted by molar-refractivity contribution is 7.89. The van der Waals surface area contributed by atoms with Crippen molar-refractivity contribution in [3.8, 4) is 0 Å². The molecule has 9 heteroatoms. The molecule has 166 valence electrons. The van der Waals surface area contributed by atoms with Crippen molar-refractivity contribution in [2.75, 3.05) is 25.5 Å². The molecular formula is C23H23N3O5S. The Hall–Kier alpha value is -3.30. The van der Waals surface area contributed by atoms with E-state index in [9.17, 15) is 18.0 Å². The second kappa shape index (κ2) is 8.68. The third-order valence-electron chi connectivity index (χ3n) is 5.43. The van der Waals surface area contributed by atoms with Crippen LogP contribution in [0.15, 0.2) is 53.4 Å². The minimum absolute atomic E-state index is 0.170. The summed E-state index contributed by atoms with van der Waals surface area (Å²) >= 11 is 0. The van der Waals surface area contributed by atoms with Crippen molar-refractivity contribution in [2.45, 2.75) is 24.7 Å². The lowest BCUT2D eigenvalue weighted by Gasteiger charge is -2.15. The van der Waals surface area contributed by atoms with Crippen molar-refractivity contribution in [2.24, 2.45) is 0 Å². The minimum atomic E-state index is -3.54. The fourth-order valence-electron chi connectivity index (χ4n) is 3.76. The van der Waals surface area contributed by atoms with E-state index in [0.717, 1.165) is 12.8 Å². The summed E-state index contributed by atoms with van der Waals surface area (Å²) < 4.78 is 31.6. The molecule has 8 nitrogen and oxygen atoms in total. The number of aryl methyl sites for hydroxylation is 1. The second-order valence-corrected chi connectivity index (χ2v) is 9.56. The van der Waals surface area contributed by atoms with Crippen molar-refractivity contribution in [1.82, 2.24) is 9.29 Å². The van der Waals surface area contributed by atoms with Crippen molar-refractivity contribution >= 4 is 38.5 Å². The highest BCUT2D eigenvalue weighted by Crippen LogP contribution is 2.26. The van der Waals surface area contributed by atoms with Crippen molar-refractivity contribution < 1.29 is 22.7 Å². The number of methoxy groups -OCH3 is 1. The fraction of sp³-hybridized carbons (Fsp3) is 0.261. The molecule has 4 rings (SSSR count). The molecule has 1 aliphatic rings. The van der Waals surface area contributed by atoms with Gasteiger partial charge in [-0.25, -0.2) is 13.2 Å². The summed E-state index contributed by atoms with van der Waals surface area (Å²) in [6.07, 6.45) is 1.72. The van der Waals surface area contributed by atoms with Crippen molar-refractivity contribution in [3.63, 3.8) is 0 Å². The molecule has 1 aromatic heterocycles. The molecule has 0 radical (unpaired) electrons. The number of pyridine rings is 1. The lowest BCUT2D eigenvalue weighted by atomic mass is 10.1. The van der Waals surface area contributed by atoms with Gasteiger partial charge in [-0.15, -0.1) is 0 Å². The van der Waals surface area contributed by atoms with Crippen LogP contribution in [0.4, 0.5) is 5.69 Å². The van der Waals surface area contributed by atoms with E-state index < -0.39 is 21.9 Å². The average molecular weight is 454 g/mol. The lowest BCUT2D eigenvalue weighted by Crippen LogP contribution is -2.27. The lowest BCUT2D eigenvalue weighted by molar-refractivity contribution is 0.0601. The fourth-order valence-corrected chi connectivity index (χ4v) is 5.27. The molecule has 1 amide bonds. The predicted molar refractivity (Wildman–Crippen MR) is 120 cm³/mol. The van der Waals surface area contributed by atoms with E-state index >= 15 is 0 Å². The number of sulfonamides is 1. The monoisotopic (exact) mass is 453 g/mol. The number of amides is 1. The van der Waals surface area contributed by atoms with Crippen LogP contribution >= 0.6 is 0 Å². The number of hydrogen-bond acceptors (Lipinski definition) is 6. The molecule has 2 heterocycles. The molecule has 0 unspecified atom stereocenters. The zero-order chi connectivity index (χ0) is 22.9. The van der Waals surface area contributed by atoms with E-state index in [2.05, 4.69) is 10.3 Å². The van der Waals surface area contributed by atoms with Crippen LogP contribution in [0.5, 0.6) is 0 Å². The van der Waals surface area contributed by atoms with Gasteiger partial charge in [0.25, 0.3) is 5.91 Å². The van der Waals surface area contributed by atoms with Gasteiger partial charge < -0.3 is 10.1 Å². The Morgan fingerprint density at radius 2 is 1.66 bits per heavy atom. The third-order valence-corrected chi connectivity index (χ3v) is 7.34. The molecule has 1 N–H and O–H groups in total. The number of nitrogens with one attached hydrogen (secondary N) is 1. The number of fused-ring (bicyclic) bond motifs is 1. The van der Waals surface area contributed by atoms with Crippen LogP contribution in [0.2, 0.25) is 0 Å². The standard InChI is InChI=1S/C23H23N3O5S/c1-15-13-21(19-14-17(23(28)31-2)7-10-20(19)24-15)25-22(27)16-5-8-18(9-6-16)32(29,30)26-11-3-4-12-26/h5-10,13-14H,3-4,11-12H2,1-2H3,(H,24,25,27). The van der Waals surface area contributed by atoms with Crippen LogP contribution in [-0.2, 0) is 14.8 Å². The Balaban J connectivity index is 1.61. The molecule has 32 heavy (non-hydrogen) atoms. The highest BCUT2D eigenvalue weighted by Gasteiger charge is 2.27. The zero-order valence-corrected chi connectivity index (χ0v) is 18.6. The van der Waals surface area contributed by atoms with E-state index in [1.165, 1.54) is 35.7 Å². The molecule has 0 aliphatic carbocycles. The van der Waals surface area contributed by atoms with E-state index in [1.807, 2.05) is 0 Å². The summed E-state index contributed by atoms with van der Waals surface area (Å²) in [6.45, 7) is 2.85. The van der Waals surface area contributed by atoms with Gasteiger partial charge in [-0.2, -0.15) is 4.31 Å². The Morgan fingerprint density at radius 3 is 2.31 bits per heavy atom. The molecule has 1 fully saturated rings. The maximum Gasteiger partial charge on any atom is 0.337 e. The van der Waals surface area contributed by atoms with Crippen molar-refractivity contribution in [1.29, 1.82) is 0 Å². The number of carbonyl (C=O) groups excluding carboxylic acids is 2. The summed E-state index contributed by atoms with van der Waals surface area (Å²) in [6, 6.07) is 12.5. The van der Waals surface area contributed by atoms with Gasteiger partial charge >= 0.3 is 5.97 Å². The van der Waals surface area contributed by atoms with E-state index in [4.69, 9.17) is 4.74 Å². The third kappa shape index (κ3) is 4.21. The number of aromatic nitrogens is 1. The van der Waals surface area contributed by atoms with Crippen LogP contribution in [0.3, 0.4) is 0 Å². The molecule has 0 atom stereocenters. The van der Waals surface area contributed by atoms with Gasteiger partial charge in [0.15, 0.2) is 0 Å². The first-order valence-electron chi connectivity index (χ1n) is 10.2. The van der Waals surface area contributed by atoms with Crippen LogP contribution in [0, 0.1) is 6.92 Å². The summed E-state index contributed by atoms with van der Waals surface area (Å²) in [7, 11) is -2.24. The SMILES string of the molecule is COC(=O)c1ccc2nc(C)cc(NC(=O)c3ccc(S(=O)(=O)N4CCCC4)cc3)c2c1. The topological polar surface area (TPSA) is 106 Å². The summed E-state index contributed by atoms with van der Waals surface area (Å²) in [5.74, 6) is -0.884. The van der Waals surface area contributed by atoms with Gasteiger partial charge in [0.05, 0.1) is 28.8 Å². The highest BCUT2D eigenvalue weighted by atomic mass is 32.2. The molecular weight excluding hydrogens is 430 g/mol. The number of carbonyl (C=O) groups is 2. The number of nitrogens with zero attached hydrogens (tertiary/aromatic N) is 2. The van der Waals surface area contributed by atoms with Crippen LogP contribution in [0.25, 0.3) is 10.9 Å². The number of anilines is 1. The quantitative estimate of drug-likeness (QED) is 0.594.